The fourth-order valence-electron chi connectivity index (χ4n) is 2.62. The van der Waals surface area contributed by atoms with Crippen LogP contribution in [0.4, 0.5) is 0 Å². The SMILES string of the molecule is c1c[nH]c(CCn2cncc2C2CCCNC2)n1. The van der Waals surface area contributed by atoms with Crippen molar-refractivity contribution in [1.29, 1.82) is 0 Å². The van der Waals surface area contributed by atoms with Crippen LogP contribution in [0.1, 0.15) is 30.3 Å². The van der Waals surface area contributed by atoms with Crippen molar-refractivity contribution >= 4 is 0 Å². The van der Waals surface area contributed by atoms with E-state index in [9.17, 15) is 0 Å². The maximum absolute atomic E-state index is 4.30. The Morgan fingerprint density at radius 2 is 2.44 bits per heavy atom. The van der Waals surface area contributed by atoms with Gasteiger partial charge >= 0.3 is 0 Å². The second-order valence-corrected chi connectivity index (χ2v) is 4.84. The van der Waals surface area contributed by atoms with Crippen LogP contribution in [0.15, 0.2) is 24.9 Å². The lowest BCUT2D eigenvalue weighted by atomic mass is 9.96. The molecule has 1 saturated heterocycles. The van der Waals surface area contributed by atoms with Gasteiger partial charge in [0.1, 0.15) is 5.82 Å². The predicted octanol–water partition coefficient (Wildman–Crippen LogP) is 1.32. The number of nitrogens with one attached hydrogen (secondary N) is 2. The van der Waals surface area contributed by atoms with E-state index in [0.717, 1.165) is 31.9 Å². The molecule has 1 fully saturated rings. The highest BCUT2D eigenvalue weighted by Crippen LogP contribution is 2.22. The van der Waals surface area contributed by atoms with Crippen molar-refractivity contribution in [3.05, 3.63) is 36.4 Å². The van der Waals surface area contributed by atoms with Gasteiger partial charge in [0.05, 0.1) is 6.33 Å². The highest BCUT2D eigenvalue weighted by Gasteiger charge is 2.18. The van der Waals surface area contributed by atoms with Gasteiger partial charge in [0.2, 0.25) is 0 Å². The molecule has 3 heterocycles. The molecule has 5 nitrogen and oxygen atoms in total. The molecule has 96 valence electrons. The Morgan fingerprint density at radius 1 is 1.44 bits per heavy atom. The predicted molar refractivity (Wildman–Crippen MR) is 69.4 cm³/mol. The number of nitrogens with zero attached hydrogens (tertiary/aromatic N) is 3. The highest BCUT2D eigenvalue weighted by molar-refractivity contribution is 5.08. The normalized spacial score (nSPS) is 20.1. The third-order valence-corrected chi connectivity index (χ3v) is 3.60. The van der Waals surface area contributed by atoms with E-state index < -0.39 is 0 Å². The van der Waals surface area contributed by atoms with Crippen LogP contribution in [-0.2, 0) is 13.0 Å². The number of hydrogen-bond acceptors (Lipinski definition) is 3. The van der Waals surface area contributed by atoms with Crippen molar-refractivity contribution in [3.8, 4) is 0 Å². The van der Waals surface area contributed by atoms with E-state index in [1.165, 1.54) is 18.5 Å². The summed E-state index contributed by atoms with van der Waals surface area (Å²) in [6, 6.07) is 0. The summed E-state index contributed by atoms with van der Waals surface area (Å²) in [6.45, 7) is 3.17. The second kappa shape index (κ2) is 5.35. The molecule has 2 aromatic heterocycles. The number of H-pyrrole nitrogens is 1. The van der Waals surface area contributed by atoms with E-state index in [4.69, 9.17) is 0 Å². The van der Waals surface area contributed by atoms with Crippen LogP contribution in [0, 0.1) is 0 Å². The van der Waals surface area contributed by atoms with E-state index >= 15 is 0 Å². The number of aryl methyl sites for hydroxylation is 2. The van der Waals surface area contributed by atoms with E-state index in [1.807, 2.05) is 18.7 Å². The fraction of sp³-hybridized carbons (Fsp3) is 0.538. The molecule has 2 aromatic rings. The molecule has 5 heteroatoms. The lowest BCUT2D eigenvalue weighted by molar-refractivity contribution is 0.440. The molecular formula is C13H19N5. The number of aromatic amines is 1. The van der Waals surface area contributed by atoms with Crippen LogP contribution in [0.25, 0.3) is 0 Å². The largest absolute Gasteiger partial charge is 0.349 e. The molecule has 0 amide bonds. The smallest absolute Gasteiger partial charge is 0.107 e. The molecule has 0 bridgehead atoms. The summed E-state index contributed by atoms with van der Waals surface area (Å²) >= 11 is 0. The van der Waals surface area contributed by atoms with Crippen molar-refractivity contribution in [1.82, 2.24) is 24.8 Å². The summed E-state index contributed by atoms with van der Waals surface area (Å²) in [7, 11) is 0. The zero-order valence-electron chi connectivity index (χ0n) is 10.5. The number of aromatic nitrogens is 4. The summed E-state index contributed by atoms with van der Waals surface area (Å²) in [5, 5.41) is 3.46. The van der Waals surface area contributed by atoms with Crippen LogP contribution in [-0.4, -0.2) is 32.6 Å². The maximum atomic E-state index is 4.30. The van der Waals surface area contributed by atoms with Gasteiger partial charge < -0.3 is 14.9 Å². The lowest BCUT2D eigenvalue weighted by Gasteiger charge is -2.23. The van der Waals surface area contributed by atoms with Crippen molar-refractivity contribution in [2.24, 2.45) is 0 Å². The molecule has 1 atom stereocenters. The molecule has 0 aromatic carbocycles. The minimum absolute atomic E-state index is 0.609. The average molecular weight is 245 g/mol. The summed E-state index contributed by atoms with van der Waals surface area (Å²) in [5.74, 6) is 1.65. The summed E-state index contributed by atoms with van der Waals surface area (Å²) in [5.41, 5.74) is 1.36. The molecule has 2 N–H and O–H groups in total. The third-order valence-electron chi connectivity index (χ3n) is 3.60. The number of hydrogen-bond donors (Lipinski definition) is 2. The molecule has 0 aliphatic carbocycles. The van der Waals surface area contributed by atoms with Gasteiger partial charge in [-0.15, -0.1) is 0 Å². The third kappa shape index (κ3) is 2.46. The molecule has 1 unspecified atom stereocenters. The van der Waals surface area contributed by atoms with Crippen LogP contribution >= 0.6 is 0 Å². The summed E-state index contributed by atoms with van der Waals surface area (Å²) in [4.78, 5) is 11.7. The van der Waals surface area contributed by atoms with Crippen molar-refractivity contribution < 1.29 is 0 Å². The maximum Gasteiger partial charge on any atom is 0.107 e. The quantitative estimate of drug-likeness (QED) is 0.854. The first kappa shape index (κ1) is 11.5. The van der Waals surface area contributed by atoms with Gasteiger partial charge in [0, 0.05) is 49.7 Å². The summed E-state index contributed by atoms with van der Waals surface area (Å²) in [6.07, 6.45) is 11.1. The zero-order chi connectivity index (χ0) is 12.2. The molecule has 1 aliphatic rings. The number of piperidine rings is 1. The van der Waals surface area contributed by atoms with Crippen molar-refractivity contribution in [2.45, 2.75) is 31.7 Å². The second-order valence-electron chi connectivity index (χ2n) is 4.84. The van der Waals surface area contributed by atoms with Crippen molar-refractivity contribution in [3.63, 3.8) is 0 Å². The molecular weight excluding hydrogens is 226 g/mol. The first-order valence-electron chi connectivity index (χ1n) is 6.62. The Kier molecular flexibility index (Phi) is 3.41. The zero-order valence-corrected chi connectivity index (χ0v) is 10.5. The molecule has 0 spiro atoms. The fourth-order valence-corrected chi connectivity index (χ4v) is 2.62. The number of rotatable bonds is 4. The first-order chi connectivity index (χ1) is 8.93. The Hall–Kier alpha value is -1.62. The topological polar surface area (TPSA) is 58.5 Å². The van der Waals surface area contributed by atoms with Gasteiger partial charge in [-0.2, -0.15) is 0 Å². The Balaban J connectivity index is 1.67. The monoisotopic (exact) mass is 245 g/mol. The lowest BCUT2D eigenvalue weighted by Crippen LogP contribution is -2.29. The highest BCUT2D eigenvalue weighted by atomic mass is 15.1. The molecule has 0 radical (unpaired) electrons. The van der Waals surface area contributed by atoms with Crippen LogP contribution < -0.4 is 5.32 Å². The molecule has 0 saturated carbocycles. The van der Waals surface area contributed by atoms with E-state index in [-0.39, 0.29) is 0 Å². The van der Waals surface area contributed by atoms with Gasteiger partial charge in [-0.05, 0) is 19.4 Å². The van der Waals surface area contributed by atoms with Crippen molar-refractivity contribution in [2.75, 3.05) is 13.1 Å². The first-order valence-corrected chi connectivity index (χ1v) is 6.62. The van der Waals surface area contributed by atoms with Gasteiger partial charge in [-0.3, -0.25) is 0 Å². The van der Waals surface area contributed by atoms with Gasteiger partial charge in [-0.1, -0.05) is 0 Å². The minimum Gasteiger partial charge on any atom is -0.349 e. The Morgan fingerprint density at radius 3 is 3.22 bits per heavy atom. The summed E-state index contributed by atoms with van der Waals surface area (Å²) < 4.78 is 2.26. The Bertz CT molecular complexity index is 467. The van der Waals surface area contributed by atoms with Gasteiger partial charge in [0.25, 0.3) is 0 Å². The van der Waals surface area contributed by atoms with E-state index in [0.29, 0.717) is 5.92 Å². The molecule has 1 aliphatic heterocycles. The van der Waals surface area contributed by atoms with E-state index in [2.05, 4.69) is 24.8 Å². The Labute approximate surface area is 107 Å². The molecule has 3 rings (SSSR count). The van der Waals surface area contributed by atoms with Crippen LogP contribution in [0.5, 0.6) is 0 Å². The number of imidazole rings is 2. The molecule has 18 heavy (non-hydrogen) atoms. The minimum atomic E-state index is 0.609. The standard InChI is InChI=1S/C13H19N5/c1-2-11(8-14-4-1)12-9-15-10-18(12)7-3-13-16-5-6-17-13/h5-6,9-11,14H,1-4,7-8H2,(H,16,17). The van der Waals surface area contributed by atoms with Crippen LogP contribution in [0.2, 0.25) is 0 Å². The average Bonchev–Trinajstić information content (AvgIpc) is 3.09. The van der Waals surface area contributed by atoms with Gasteiger partial charge in [0.15, 0.2) is 0 Å². The van der Waals surface area contributed by atoms with Crippen LogP contribution in [0.3, 0.4) is 0 Å². The van der Waals surface area contributed by atoms with E-state index in [1.54, 1.807) is 6.20 Å². The van der Waals surface area contributed by atoms with Gasteiger partial charge in [-0.25, -0.2) is 9.97 Å².